The fourth-order valence-corrected chi connectivity index (χ4v) is 6.04. The molecule has 0 saturated heterocycles. The van der Waals surface area contributed by atoms with E-state index in [9.17, 15) is 14.4 Å². The monoisotopic (exact) mass is 596 g/mol. The summed E-state index contributed by atoms with van der Waals surface area (Å²) in [6, 6.07) is 27.3. The van der Waals surface area contributed by atoms with Crippen molar-refractivity contribution >= 4 is 69.1 Å². The summed E-state index contributed by atoms with van der Waals surface area (Å²) in [6.07, 6.45) is 3.28. The Morgan fingerprint density at radius 2 is 1.63 bits per heavy atom. The van der Waals surface area contributed by atoms with Crippen molar-refractivity contribution in [1.82, 2.24) is 10.3 Å². The highest BCUT2D eigenvalue weighted by Crippen LogP contribution is 2.37. The number of hydrogen-bond donors (Lipinski definition) is 3. The minimum absolute atomic E-state index is 0.111. The van der Waals surface area contributed by atoms with Gasteiger partial charge in [0, 0.05) is 27.7 Å². The van der Waals surface area contributed by atoms with Crippen molar-refractivity contribution in [3.63, 3.8) is 0 Å². The Labute approximate surface area is 249 Å². The van der Waals surface area contributed by atoms with Crippen LogP contribution in [0.1, 0.15) is 26.7 Å². The average molecular weight is 597 g/mol. The Kier molecular flexibility index (Phi) is 9.37. The number of amides is 3. The summed E-state index contributed by atoms with van der Waals surface area (Å²) in [4.78, 5) is 44.4. The van der Waals surface area contributed by atoms with Gasteiger partial charge >= 0.3 is 0 Å². The second kappa shape index (κ2) is 13.7. The number of benzene rings is 3. The first-order chi connectivity index (χ1) is 20.0. The third-order valence-electron chi connectivity index (χ3n) is 5.73. The number of carbonyl (C=O) groups excluding carboxylic acids is 3. The van der Waals surface area contributed by atoms with E-state index in [1.807, 2.05) is 65.4 Å². The van der Waals surface area contributed by atoms with Gasteiger partial charge in [-0.3, -0.25) is 14.4 Å². The molecule has 0 spiro atoms. The van der Waals surface area contributed by atoms with E-state index in [0.29, 0.717) is 16.4 Å². The molecule has 41 heavy (non-hydrogen) atoms. The Balaban J connectivity index is 1.35. The maximum atomic E-state index is 13.4. The highest BCUT2D eigenvalue weighted by Gasteiger charge is 2.23. The summed E-state index contributed by atoms with van der Waals surface area (Å²) in [5.41, 5.74) is 2.72. The van der Waals surface area contributed by atoms with Crippen molar-refractivity contribution in [2.24, 2.45) is 0 Å². The molecule has 3 N–H and O–H groups in total. The molecular weight excluding hydrogens is 573 g/mol. The van der Waals surface area contributed by atoms with E-state index < -0.39 is 11.2 Å². The summed E-state index contributed by atoms with van der Waals surface area (Å²) in [7, 11) is 0. The molecule has 3 amide bonds. The minimum Gasteiger partial charge on any atom is -0.321 e. The number of anilines is 2. The number of aromatic nitrogens is 1. The molecule has 5 rings (SSSR count). The SMILES string of the molecule is O=C(Nc1cccc(SC(C(=O)Nc2nccs2)c2ccccc2)c1)/C(=C/c1ccsc1)NC(=O)c1ccccc1. The first-order valence-corrected chi connectivity index (χ1v) is 15.2. The predicted molar refractivity (Wildman–Crippen MR) is 167 cm³/mol. The zero-order valence-electron chi connectivity index (χ0n) is 21.5. The van der Waals surface area contributed by atoms with Crippen LogP contribution in [0.3, 0.4) is 0 Å². The second-order valence-corrected chi connectivity index (χ2v) is 11.5. The van der Waals surface area contributed by atoms with Crippen LogP contribution in [0, 0.1) is 0 Å². The number of rotatable bonds is 10. The molecular formula is C31H24N4O3S3. The lowest BCUT2D eigenvalue weighted by Crippen LogP contribution is -2.30. The van der Waals surface area contributed by atoms with E-state index in [1.54, 1.807) is 54.1 Å². The van der Waals surface area contributed by atoms with Crippen LogP contribution in [0.25, 0.3) is 6.08 Å². The number of thiazole rings is 1. The lowest BCUT2D eigenvalue weighted by Gasteiger charge is -2.17. The average Bonchev–Trinajstić information content (AvgIpc) is 3.71. The van der Waals surface area contributed by atoms with Crippen molar-refractivity contribution in [2.75, 3.05) is 10.6 Å². The highest BCUT2D eigenvalue weighted by molar-refractivity contribution is 8.00. The van der Waals surface area contributed by atoms with Gasteiger partial charge in [0.2, 0.25) is 5.91 Å². The van der Waals surface area contributed by atoms with Crippen LogP contribution < -0.4 is 16.0 Å². The van der Waals surface area contributed by atoms with Crippen molar-refractivity contribution < 1.29 is 14.4 Å². The van der Waals surface area contributed by atoms with Gasteiger partial charge in [-0.15, -0.1) is 23.1 Å². The van der Waals surface area contributed by atoms with Gasteiger partial charge in [0.25, 0.3) is 11.8 Å². The van der Waals surface area contributed by atoms with E-state index in [-0.39, 0.29) is 17.5 Å². The summed E-state index contributed by atoms with van der Waals surface area (Å²) in [6.45, 7) is 0. The largest absolute Gasteiger partial charge is 0.321 e. The normalized spacial score (nSPS) is 11.9. The van der Waals surface area contributed by atoms with Gasteiger partial charge in [0.15, 0.2) is 5.13 Å². The van der Waals surface area contributed by atoms with Crippen molar-refractivity contribution in [3.05, 3.63) is 136 Å². The molecule has 204 valence electrons. The number of thiophene rings is 1. The quantitative estimate of drug-likeness (QED) is 0.118. The molecule has 3 aromatic carbocycles. The standard InChI is InChI=1S/C31H24N4O3S3/c36-28(23-10-5-2-6-11-23)34-26(18-21-14-16-39-20-21)29(37)33-24-12-7-13-25(19-24)41-27(22-8-3-1-4-9-22)30(38)35-31-32-15-17-40-31/h1-20,27H,(H,33,37)(H,34,36)(H,32,35,38)/b26-18-. The molecule has 7 nitrogen and oxygen atoms in total. The van der Waals surface area contributed by atoms with Crippen LogP contribution in [0.4, 0.5) is 10.8 Å². The van der Waals surface area contributed by atoms with Crippen molar-refractivity contribution in [1.29, 1.82) is 0 Å². The molecule has 2 aromatic heterocycles. The molecule has 0 aliphatic heterocycles. The summed E-state index contributed by atoms with van der Waals surface area (Å²) >= 11 is 4.21. The molecule has 10 heteroatoms. The van der Waals surface area contributed by atoms with Gasteiger partial charge in [-0.05, 0) is 64.4 Å². The van der Waals surface area contributed by atoms with Crippen LogP contribution in [0.2, 0.25) is 0 Å². The molecule has 0 saturated carbocycles. The Morgan fingerprint density at radius 1 is 0.854 bits per heavy atom. The molecule has 0 aliphatic rings. The number of thioether (sulfide) groups is 1. The zero-order valence-corrected chi connectivity index (χ0v) is 24.0. The molecule has 1 atom stereocenters. The van der Waals surface area contributed by atoms with E-state index >= 15 is 0 Å². The molecule has 0 bridgehead atoms. The molecule has 0 radical (unpaired) electrons. The molecule has 0 fully saturated rings. The minimum atomic E-state index is -0.551. The smallest absolute Gasteiger partial charge is 0.272 e. The van der Waals surface area contributed by atoms with E-state index in [2.05, 4.69) is 20.9 Å². The maximum Gasteiger partial charge on any atom is 0.272 e. The number of nitrogens with zero attached hydrogens (tertiary/aromatic N) is 1. The lowest BCUT2D eigenvalue weighted by molar-refractivity contribution is -0.116. The van der Waals surface area contributed by atoms with Crippen LogP contribution in [-0.4, -0.2) is 22.7 Å². The van der Waals surface area contributed by atoms with Gasteiger partial charge in [0.05, 0.1) is 0 Å². The first kappa shape index (κ1) is 28.0. The van der Waals surface area contributed by atoms with E-state index in [0.717, 1.165) is 16.0 Å². The molecule has 5 aromatic rings. The zero-order chi connectivity index (χ0) is 28.4. The molecule has 1 unspecified atom stereocenters. The van der Waals surface area contributed by atoms with Crippen LogP contribution in [0.15, 0.2) is 124 Å². The summed E-state index contributed by atoms with van der Waals surface area (Å²) in [5, 5.41) is 14.1. The summed E-state index contributed by atoms with van der Waals surface area (Å²) in [5.74, 6) is -1.05. The van der Waals surface area contributed by atoms with Gasteiger partial charge in [-0.1, -0.05) is 54.6 Å². The van der Waals surface area contributed by atoms with Crippen LogP contribution in [0.5, 0.6) is 0 Å². The van der Waals surface area contributed by atoms with Gasteiger partial charge in [-0.25, -0.2) is 4.98 Å². The number of carbonyl (C=O) groups is 3. The van der Waals surface area contributed by atoms with Crippen LogP contribution in [-0.2, 0) is 9.59 Å². The maximum absolute atomic E-state index is 13.4. The topological polar surface area (TPSA) is 100 Å². The van der Waals surface area contributed by atoms with Crippen LogP contribution >= 0.6 is 34.4 Å². The third kappa shape index (κ3) is 7.79. The Hall–Kier alpha value is -4.51. The van der Waals surface area contributed by atoms with Gasteiger partial charge in [-0.2, -0.15) is 11.3 Å². The Bertz CT molecular complexity index is 1640. The first-order valence-electron chi connectivity index (χ1n) is 12.5. The highest BCUT2D eigenvalue weighted by atomic mass is 32.2. The summed E-state index contributed by atoms with van der Waals surface area (Å²) < 4.78 is 0. The number of hydrogen-bond acceptors (Lipinski definition) is 7. The Morgan fingerprint density at radius 3 is 2.34 bits per heavy atom. The van der Waals surface area contributed by atoms with Crippen molar-refractivity contribution in [3.8, 4) is 0 Å². The fourth-order valence-electron chi connectivity index (χ4n) is 3.80. The molecule has 2 heterocycles. The lowest BCUT2D eigenvalue weighted by atomic mass is 10.1. The molecule has 0 aliphatic carbocycles. The fraction of sp³-hybridized carbons (Fsp3) is 0.0323. The van der Waals surface area contributed by atoms with Crippen molar-refractivity contribution in [2.45, 2.75) is 10.1 Å². The number of nitrogens with one attached hydrogen (secondary N) is 3. The van der Waals surface area contributed by atoms with Gasteiger partial charge < -0.3 is 16.0 Å². The van der Waals surface area contributed by atoms with E-state index in [4.69, 9.17) is 0 Å². The predicted octanol–water partition coefficient (Wildman–Crippen LogP) is 7.09. The van der Waals surface area contributed by atoms with E-state index in [1.165, 1.54) is 34.4 Å². The van der Waals surface area contributed by atoms with Gasteiger partial charge in [0.1, 0.15) is 10.9 Å². The third-order valence-corrected chi connectivity index (χ3v) is 8.37. The second-order valence-electron chi connectivity index (χ2n) is 8.65.